The number of ether oxygens (including phenoxy) is 1. The molecule has 4 fully saturated rings. The van der Waals surface area contributed by atoms with Gasteiger partial charge in [0, 0.05) is 38.0 Å². The number of nitrogens with zero attached hydrogens (tertiary/aromatic N) is 2. The monoisotopic (exact) mass is 598 g/mol. The molecule has 8 atom stereocenters. The fourth-order valence-electron chi connectivity index (χ4n) is 9.71. The number of carbonyl (C=O) groups is 3. The Labute approximate surface area is 257 Å². The number of likely N-dealkylation sites (N-methyl/N-ethyl adjacent to an activating group) is 1. The van der Waals surface area contributed by atoms with Crippen LogP contribution in [0, 0.1) is 34.5 Å². The molecule has 5 rings (SSSR count). The normalized spacial score (nSPS) is 37.3. The van der Waals surface area contributed by atoms with Crippen LogP contribution in [0.3, 0.4) is 0 Å². The number of fused-ring (bicyclic) bond motifs is 5. The standard InChI is InChI=1S/C34H54N4O5/c1-21(2)42-31(40)30-12-8-24(36-30)20-38(18-17-35-6)32(41)43-37-22(3)27-10-11-28-26-9-7-23-19-25(39)13-15-33(23,4)29(26)14-16-34(27,28)5/h19,21,24,26-30,35-36H,7-18,20H2,1-6H3/b37-22+/t24?,26-,27+,28-,29-,30?,33-,34+/m0/s1. The average Bonchev–Trinajstić information content (AvgIpc) is 3.58. The fourth-order valence-corrected chi connectivity index (χ4v) is 9.71. The second-order valence-electron chi connectivity index (χ2n) is 14.8. The molecule has 9 heteroatoms. The van der Waals surface area contributed by atoms with Crippen molar-refractivity contribution in [1.29, 1.82) is 0 Å². The van der Waals surface area contributed by atoms with Crippen LogP contribution in [0.1, 0.15) is 98.8 Å². The van der Waals surface area contributed by atoms with Crippen molar-refractivity contribution in [2.24, 2.45) is 39.7 Å². The van der Waals surface area contributed by atoms with Gasteiger partial charge in [0.05, 0.1) is 11.8 Å². The zero-order valence-electron chi connectivity index (χ0n) is 27.2. The molecule has 1 amide bonds. The third kappa shape index (κ3) is 6.44. The lowest BCUT2D eigenvalue weighted by atomic mass is 9.46. The van der Waals surface area contributed by atoms with Gasteiger partial charge in [0.1, 0.15) is 6.04 Å². The molecule has 4 aliphatic carbocycles. The first-order valence-electron chi connectivity index (χ1n) is 16.8. The summed E-state index contributed by atoms with van der Waals surface area (Å²) in [7, 11) is 1.86. The molecule has 0 aromatic carbocycles. The number of hydrogen-bond donors (Lipinski definition) is 2. The van der Waals surface area contributed by atoms with E-state index in [0.717, 1.165) is 37.8 Å². The quantitative estimate of drug-likeness (QED) is 0.162. The van der Waals surface area contributed by atoms with Crippen LogP contribution in [0.2, 0.25) is 0 Å². The molecule has 5 aliphatic rings. The summed E-state index contributed by atoms with van der Waals surface area (Å²) in [5.74, 6) is 2.38. The summed E-state index contributed by atoms with van der Waals surface area (Å²) in [6.07, 6.45) is 11.4. The number of ketones is 1. The second kappa shape index (κ2) is 13.0. The van der Waals surface area contributed by atoms with Gasteiger partial charge in [-0.3, -0.25) is 19.7 Å². The molecule has 1 heterocycles. The largest absolute Gasteiger partial charge is 0.462 e. The summed E-state index contributed by atoms with van der Waals surface area (Å²) in [5, 5.41) is 10.9. The number of hydrogen-bond acceptors (Lipinski definition) is 8. The first-order chi connectivity index (χ1) is 20.5. The minimum absolute atomic E-state index is 0.00104. The number of oxime groups is 1. The number of rotatable bonds is 9. The number of carbonyl (C=O) groups excluding carboxylic acids is 3. The van der Waals surface area contributed by atoms with E-state index in [0.29, 0.717) is 61.9 Å². The van der Waals surface area contributed by atoms with Crippen LogP contribution < -0.4 is 10.6 Å². The summed E-state index contributed by atoms with van der Waals surface area (Å²) in [6, 6.07) is -0.338. The van der Waals surface area contributed by atoms with E-state index in [4.69, 9.17) is 9.57 Å². The zero-order chi connectivity index (χ0) is 30.9. The maximum atomic E-state index is 13.3. The molecule has 1 aliphatic heterocycles. The van der Waals surface area contributed by atoms with Crippen LogP contribution >= 0.6 is 0 Å². The number of esters is 1. The molecule has 240 valence electrons. The van der Waals surface area contributed by atoms with Gasteiger partial charge in [0.2, 0.25) is 0 Å². The first kappa shape index (κ1) is 32.1. The predicted octanol–water partition coefficient (Wildman–Crippen LogP) is 5.24. The van der Waals surface area contributed by atoms with Crippen LogP contribution in [0.4, 0.5) is 4.79 Å². The van der Waals surface area contributed by atoms with Crippen molar-refractivity contribution in [2.75, 3.05) is 26.7 Å². The van der Waals surface area contributed by atoms with Gasteiger partial charge in [-0.1, -0.05) is 24.6 Å². The molecule has 0 radical (unpaired) electrons. The highest BCUT2D eigenvalue weighted by Gasteiger charge is 2.59. The molecule has 0 spiro atoms. The third-order valence-electron chi connectivity index (χ3n) is 11.9. The van der Waals surface area contributed by atoms with E-state index < -0.39 is 6.09 Å². The highest BCUT2D eigenvalue weighted by molar-refractivity contribution is 5.91. The predicted molar refractivity (Wildman–Crippen MR) is 166 cm³/mol. The van der Waals surface area contributed by atoms with E-state index in [-0.39, 0.29) is 35.0 Å². The lowest BCUT2D eigenvalue weighted by molar-refractivity contribution is -0.149. The van der Waals surface area contributed by atoms with Gasteiger partial charge >= 0.3 is 12.1 Å². The third-order valence-corrected chi connectivity index (χ3v) is 11.9. The smallest absolute Gasteiger partial charge is 0.436 e. The molecule has 3 saturated carbocycles. The molecule has 0 bridgehead atoms. The van der Waals surface area contributed by atoms with Crippen molar-refractivity contribution in [3.05, 3.63) is 11.6 Å². The summed E-state index contributed by atoms with van der Waals surface area (Å²) < 4.78 is 5.37. The minimum Gasteiger partial charge on any atom is -0.462 e. The Morgan fingerprint density at radius 2 is 1.88 bits per heavy atom. The van der Waals surface area contributed by atoms with E-state index in [9.17, 15) is 14.4 Å². The second-order valence-corrected chi connectivity index (χ2v) is 14.8. The van der Waals surface area contributed by atoms with Gasteiger partial charge in [-0.2, -0.15) is 0 Å². The van der Waals surface area contributed by atoms with E-state index in [1.807, 2.05) is 33.9 Å². The summed E-state index contributed by atoms with van der Waals surface area (Å²) in [5.41, 5.74) is 2.66. The molecule has 2 unspecified atom stereocenters. The van der Waals surface area contributed by atoms with Gasteiger partial charge in [0.15, 0.2) is 5.78 Å². The van der Waals surface area contributed by atoms with Crippen LogP contribution in [-0.4, -0.2) is 73.3 Å². The van der Waals surface area contributed by atoms with Gasteiger partial charge < -0.3 is 15.0 Å². The van der Waals surface area contributed by atoms with Gasteiger partial charge in [-0.05, 0) is 120 Å². The van der Waals surface area contributed by atoms with Gasteiger partial charge in [-0.15, -0.1) is 0 Å². The van der Waals surface area contributed by atoms with E-state index in [1.54, 1.807) is 4.90 Å². The topological polar surface area (TPSA) is 109 Å². The molecule has 0 aromatic rings. The van der Waals surface area contributed by atoms with Crippen LogP contribution in [0.15, 0.2) is 16.8 Å². The lowest BCUT2D eigenvalue weighted by Gasteiger charge is -2.58. The summed E-state index contributed by atoms with van der Waals surface area (Å²) in [4.78, 5) is 45.1. The maximum absolute atomic E-state index is 13.3. The number of allylic oxidation sites excluding steroid dienone is 1. The average molecular weight is 599 g/mol. The Morgan fingerprint density at radius 1 is 1.09 bits per heavy atom. The van der Waals surface area contributed by atoms with Crippen LogP contribution in [0.25, 0.3) is 0 Å². The number of nitrogens with one attached hydrogen (secondary N) is 2. The Kier molecular flexibility index (Phi) is 9.72. The Hall–Kier alpha value is -2.26. The van der Waals surface area contributed by atoms with Crippen molar-refractivity contribution >= 4 is 23.6 Å². The lowest BCUT2D eigenvalue weighted by Crippen LogP contribution is -2.51. The summed E-state index contributed by atoms with van der Waals surface area (Å²) in [6.45, 7) is 12.2. The van der Waals surface area contributed by atoms with Gasteiger partial charge in [0.25, 0.3) is 0 Å². The Bertz CT molecular complexity index is 1140. The maximum Gasteiger partial charge on any atom is 0.436 e. The summed E-state index contributed by atoms with van der Waals surface area (Å²) >= 11 is 0. The molecule has 43 heavy (non-hydrogen) atoms. The van der Waals surface area contributed by atoms with Crippen molar-refractivity contribution in [1.82, 2.24) is 15.5 Å². The Morgan fingerprint density at radius 3 is 2.63 bits per heavy atom. The first-order valence-corrected chi connectivity index (χ1v) is 16.8. The van der Waals surface area contributed by atoms with Crippen LogP contribution in [0.5, 0.6) is 0 Å². The number of amides is 1. The van der Waals surface area contributed by atoms with Crippen molar-refractivity contribution in [2.45, 2.75) is 117 Å². The van der Waals surface area contributed by atoms with Crippen molar-refractivity contribution in [3.8, 4) is 0 Å². The minimum atomic E-state index is -0.445. The van der Waals surface area contributed by atoms with Crippen molar-refractivity contribution in [3.63, 3.8) is 0 Å². The van der Waals surface area contributed by atoms with E-state index in [1.165, 1.54) is 24.8 Å². The van der Waals surface area contributed by atoms with E-state index in [2.05, 4.69) is 29.6 Å². The molecule has 2 N–H and O–H groups in total. The van der Waals surface area contributed by atoms with Gasteiger partial charge in [-0.25, -0.2) is 4.79 Å². The molecular formula is C34H54N4O5. The van der Waals surface area contributed by atoms with E-state index >= 15 is 0 Å². The van der Waals surface area contributed by atoms with Crippen molar-refractivity contribution < 1.29 is 24.0 Å². The molecule has 0 aromatic heterocycles. The van der Waals surface area contributed by atoms with Crippen LogP contribution in [-0.2, 0) is 19.2 Å². The highest BCUT2D eigenvalue weighted by Crippen LogP contribution is 2.66. The SMILES string of the molecule is CNCCN(CC1CCC(C(=O)OC(C)C)N1)C(=O)O/N=C(\C)[C@H]1CC[C@H]2[C@@H]3CCC4=CC(=O)CC[C@]4(C)[C@H]3CC[C@]12C. The molecule has 9 nitrogen and oxygen atoms in total. The Balaban J connectivity index is 1.21. The zero-order valence-corrected chi connectivity index (χ0v) is 27.2. The molecule has 1 saturated heterocycles. The fraction of sp³-hybridized carbons (Fsp3) is 0.824. The molecular weight excluding hydrogens is 544 g/mol. The highest BCUT2D eigenvalue weighted by atomic mass is 16.7.